The summed E-state index contributed by atoms with van der Waals surface area (Å²) in [6, 6.07) is 0.502. The maximum atomic E-state index is 6.11. The Bertz CT molecular complexity index is 314. The summed E-state index contributed by atoms with van der Waals surface area (Å²) in [7, 11) is -2.06. The van der Waals surface area contributed by atoms with Crippen LogP contribution in [0.25, 0.3) is 0 Å². The van der Waals surface area contributed by atoms with Gasteiger partial charge in [0.25, 0.3) is 6.31 Å². The van der Waals surface area contributed by atoms with Crippen LogP contribution in [0, 0.1) is 0 Å². The molecule has 2 saturated heterocycles. The van der Waals surface area contributed by atoms with Crippen LogP contribution in [0.2, 0.25) is 5.82 Å². The smallest absolute Gasteiger partial charge is 0.384 e. The molecule has 0 aromatic rings. The third-order valence-electron chi connectivity index (χ3n) is 4.22. The van der Waals surface area contributed by atoms with Crippen molar-refractivity contribution < 1.29 is 8.85 Å². The van der Waals surface area contributed by atoms with Crippen molar-refractivity contribution in [2.24, 2.45) is 0 Å². The number of hydrogen-bond donors (Lipinski definition) is 0. The number of rotatable bonds is 0. The molecule has 0 bridgehead atoms. The Morgan fingerprint density at radius 2 is 1.93 bits per heavy atom. The van der Waals surface area contributed by atoms with Gasteiger partial charge in [0.05, 0.1) is 6.61 Å². The van der Waals surface area contributed by atoms with Crippen LogP contribution in [-0.2, 0) is 8.85 Å². The van der Waals surface area contributed by atoms with Crippen molar-refractivity contribution in [3.63, 3.8) is 0 Å². The van der Waals surface area contributed by atoms with E-state index < -0.39 is 8.59 Å². The molecule has 0 N–H and O–H groups in total. The Kier molecular flexibility index (Phi) is 1.92. The van der Waals surface area contributed by atoms with Gasteiger partial charge in [-0.2, -0.15) is 0 Å². The Balaban J connectivity index is 2.10. The lowest BCUT2D eigenvalue weighted by molar-refractivity contribution is 0.216. The maximum absolute atomic E-state index is 6.11. The normalized spacial score (nSPS) is 44.0. The first-order valence-electron chi connectivity index (χ1n) is 5.82. The number of allylic oxidation sites excluding steroid dienone is 2. The van der Waals surface area contributed by atoms with Crippen LogP contribution < -0.4 is 0 Å². The van der Waals surface area contributed by atoms with E-state index in [9.17, 15) is 0 Å². The lowest BCUT2D eigenvalue weighted by Crippen LogP contribution is -2.57. The quantitative estimate of drug-likeness (QED) is 0.581. The molecule has 0 aromatic heterocycles. The summed E-state index contributed by atoms with van der Waals surface area (Å²) >= 11 is 0. The Labute approximate surface area is 92.8 Å². The van der Waals surface area contributed by atoms with Gasteiger partial charge in [0.1, 0.15) is 0 Å². The van der Waals surface area contributed by atoms with Gasteiger partial charge >= 0.3 is 8.59 Å². The molecule has 5 heteroatoms. The molecule has 3 nitrogen and oxygen atoms in total. The molecule has 3 aliphatic heterocycles. The van der Waals surface area contributed by atoms with Crippen molar-refractivity contribution in [2.75, 3.05) is 13.2 Å². The Morgan fingerprint density at radius 1 is 1.27 bits per heavy atom. The average molecular weight is 223 g/mol. The van der Waals surface area contributed by atoms with E-state index in [2.05, 4.69) is 32.3 Å². The highest BCUT2D eigenvalue weighted by Gasteiger charge is 2.69. The topological polar surface area (TPSA) is 21.7 Å². The van der Waals surface area contributed by atoms with Crippen molar-refractivity contribution in [1.29, 1.82) is 0 Å². The van der Waals surface area contributed by atoms with Gasteiger partial charge in [-0.3, -0.25) is 0 Å². The molecule has 15 heavy (non-hydrogen) atoms. The first-order valence-corrected chi connectivity index (χ1v) is 7.66. The zero-order chi connectivity index (χ0) is 10.8. The third-order valence-corrected chi connectivity index (χ3v) is 8.62. The minimum absolute atomic E-state index is 0.502. The highest BCUT2D eigenvalue weighted by Crippen LogP contribution is 2.47. The second-order valence-electron chi connectivity index (χ2n) is 5.20. The minimum atomic E-state index is -2.06. The van der Waals surface area contributed by atoms with Gasteiger partial charge in [0.2, 0.25) is 0 Å². The molecule has 0 amide bonds. The van der Waals surface area contributed by atoms with Crippen LogP contribution in [0.15, 0.2) is 11.2 Å². The molecule has 0 radical (unpaired) electrons. The predicted octanol–water partition coefficient (Wildman–Crippen LogP) is 1.49. The van der Waals surface area contributed by atoms with E-state index in [1.165, 1.54) is 11.2 Å². The molecule has 2 fully saturated rings. The molecule has 0 aliphatic carbocycles. The fraction of sp³-hybridized carbons (Fsp3) is 0.800. The second kappa shape index (κ2) is 2.90. The molecule has 1 spiro atoms. The number of nitrogens with zero attached hydrogens (tertiary/aromatic N) is 1. The van der Waals surface area contributed by atoms with Crippen LogP contribution in [0.5, 0.6) is 0 Å². The van der Waals surface area contributed by atoms with Gasteiger partial charge in [-0.05, 0) is 25.4 Å². The van der Waals surface area contributed by atoms with Crippen molar-refractivity contribution in [2.45, 2.75) is 39.6 Å². The summed E-state index contributed by atoms with van der Waals surface area (Å²) in [4.78, 5) is 0. The van der Waals surface area contributed by atoms with E-state index in [1.54, 1.807) is 0 Å². The molecule has 82 valence electrons. The van der Waals surface area contributed by atoms with Crippen LogP contribution in [-0.4, -0.2) is 38.7 Å². The largest absolute Gasteiger partial charge is 0.414 e. The lowest BCUT2D eigenvalue weighted by Gasteiger charge is -2.31. The van der Waals surface area contributed by atoms with Gasteiger partial charge in [-0.1, -0.05) is 19.3 Å². The molecule has 3 aliphatic rings. The Hall–Kier alpha value is -0.258. The van der Waals surface area contributed by atoms with Gasteiger partial charge in [0.15, 0.2) is 0 Å². The van der Waals surface area contributed by atoms with Gasteiger partial charge in [-0.15, -0.1) is 0 Å². The SMILES string of the molecule is CC1=C(C)N2C(C)CO[Si]23OCC(C)B13. The first kappa shape index (κ1) is 9.93. The van der Waals surface area contributed by atoms with E-state index in [4.69, 9.17) is 8.85 Å². The van der Waals surface area contributed by atoms with Crippen LogP contribution in [0.1, 0.15) is 27.7 Å². The summed E-state index contributed by atoms with van der Waals surface area (Å²) in [5.74, 6) is 0.627. The van der Waals surface area contributed by atoms with E-state index in [0.29, 0.717) is 18.2 Å². The molecule has 3 rings (SSSR count). The summed E-state index contributed by atoms with van der Waals surface area (Å²) in [5.41, 5.74) is 2.93. The molecule has 3 atom stereocenters. The van der Waals surface area contributed by atoms with Gasteiger partial charge < -0.3 is 13.4 Å². The lowest BCUT2D eigenvalue weighted by atomic mass is 9.57. The predicted molar refractivity (Wildman–Crippen MR) is 62.5 cm³/mol. The van der Waals surface area contributed by atoms with E-state index >= 15 is 0 Å². The maximum Gasteiger partial charge on any atom is 0.414 e. The average Bonchev–Trinajstić information content (AvgIpc) is 2.75. The van der Waals surface area contributed by atoms with Crippen LogP contribution in [0.4, 0.5) is 0 Å². The zero-order valence-corrected chi connectivity index (χ0v) is 10.9. The van der Waals surface area contributed by atoms with Crippen molar-refractivity contribution in [3.8, 4) is 0 Å². The van der Waals surface area contributed by atoms with E-state index in [-0.39, 0.29) is 0 Å². The van der Waals surface area contributed by atoms with Crippen LogP contribution in [0.3, 0.4) is 0 Å². The van der Waals surface area contributed by atoms with E-state index in [1.807, 2.05) is 0 Å². The second-order valence-corrected chi connectivity index (χ2v) is 8.14. The Morgan fingerprint density at radius 3 is 2.67 bits per heavy atom. The van der Waals surface area contributed by atoms with Gasteiger partial charge in [0, 0.05) is 12.6 Å². The molecule has 0 saturated carbocycles. The van der Waals surface area contributed by atoms with Crippen LogP contribution >= 0.6 is 0 Å². The third kappa shape index (κ3) is 0.990. The molecule has 3 heterocycles. The summed E-state index contributed by atoms with van der Waals surface area (Å²) in [6.07, 6.45) is 0.572. The molecular weight excluding hydrogens is 205 g/mol. The molecular formula is C10H18BNO2Si. The summed E-state index contributed by atoms with van der Waals surface area (Å²) in [5, 5.41) is 0. The first-order chi connectivity index (χ1) is 7.08. The number of hydrogen-bond acceptors (Lipinski definition) is 3. The zero-order valence-electron chi connectivity index (χ0n) is 9.91. The van der Waals surface area contributed by atoms with Crippen molar-refractivity contribution in [3.05, 3.63) is 11.2 Å². The minimum Gasteiger partial charge on any atom is -0.384 e. The fourth-order valence-corrected chi connectivity index (χ4v) is 8.42. The van der Waals surface area contributed by atoms with E-state index in [0.717, 1.165) is 13.2 Å². The molecule has 0 aromatic carbocycles. The van der Waals surface area contributed by atoms with Crippen molar-refractivity contribution >= 4 is 14.9 Å². The van der Waals surface area contributed by atoms with Gasteiger partial charge in [-0.25, -0.2) is 0 Å². The monoisotopic (exact) mass is 223 g/mol. The highest BCUT2D eigenvalue weighted by atomic mass is 28.4. The summed E-state index contributed by atoms with van der Waals surface area (Å²) in [6.45, 7) is 10.7. The highest BCUT2D eigenvalue weighted by molar-refractivity contribution is 7.31. The summed E-state index contributed by atoms with van der Waals surface area (Å²) < 4.78 is 14.7. The fourth-order valence-electron chi connectivity index (χ4n) is 3.52. The van der Waals surface area contributed by atoms with Crippen molar-refractivity contribution in [1.82, 2.24) is 4.57 Å². The molecule has 3 unspecified atom stereocenters. The standard InChI is InChI=1S/C10H18BNO2Si/c1-7-5-13-15-11(7)9(3)10(4)12(15)8(2)6-14-15/h7-8H,5-6H2,1-4H3.